The molecule has 0 aliphatic heterocycles. The van der Waals surface area contributed by atoms with Crippen molar-refractivity contribution in [2.75, 3.05) is 0 Å². The number of hydrazone groups is 1. The van der Waals surface area contributed by atoms with Gasteiger partial charge >= 0.3 is 0 Å². The fourth-order valence-electron chi connectivity index (χ4n) is 1.84. The lowest BCUT2D eigenvalue weighted by Crippen LogP contribution is -2.17. The van der Waals surface area contributed by atoms with Crippen molar-refractivity contribution in [3.63, 3.8) is 0 Å². The van der Waals surface area contributed by atoms with Crippen LogP contribution in [-0.2, 0) is 0 Å². The van der Waals surface area contributed by atoms with E-state index in [1.54, 1.807) is 18.2 Å². The summed E-state index contributed by atoms with van der Waals surface area (Å²) in [6.07, 6.45) is 2.48. The molecule has 1 amide bonds. The first-order chi connectivity index (χ1) is 11.5. The minimum absolute atomic E-state index is 0.0895. The number of aromatic hydroxyl groups is 1. The Labute approximate surface area is 145 Å². The van der Waals surface area contributed by atoms with E-state index in [2.05, 4.69) is 10.5 Å². The molecule has 6 heteroatoms. The van der Waals surface area contributed by atoms with Gasteiger partial charge in [0.25, 0.3) is 5.91 Å². The summed E-state index contributed by atoms with van der Waals surface area (Å²) in [4.78, 5) is 11.9. The summed E-state index contributed by atoms with van der Waals surface area (Å²) < 4.78 is 5.69. The summed E-state index contributed by atoms with van der Waals surface area (Å²) >= 11 is 6.18. The molecule has 2 rings (SSSR count). The standard InChI is InChI=1S/C18H19ClN2O3/c1-3-12(2)24-17-9-4-13(10-16(17)19)11-20-21-18(23)14-5-7-15(22)8-6-14/h4-12,22H,3H2,1-2H3,(H,21,23)/b20-11-/t12-/m1/s1. The zero-order valence-electron chi connectivity index (χ0n) is 13.5. The first-order valence-electron chi connectivity index (χ1n) is 7.58. The summed E-state index contributed by atoms with van der Waals surface area (Å²) in [6.45, 7) is 4.01. The number of carbonyl (C=O) groups is 1. The van der Waals surface area contributed by atoms with E-state index in [9.17, 15) is 9.90 Å². The van der Waals surface area contributed by atoms with Crippen LogP contribution in [0.2, 0.25) is 5.02 Å². The number of hydrogen-bond donors (Lipinski definition) is 2. The van der Waals surface area contributed by atoms with Crippen molar-refractivity contribution in [2.24, 2.45) is 5.10 Å². The molecule has 0 saturated heterocycles. The molecule has 0 heterocycles. The normalized spacial score (nSPS) is 12.1. The average molecular weight is 347 g/mol. The lowest BCUT2D eigenvalue weighted by atomic mass is 10.2. The number of benzene rings is 2. The van der Waals surface area contributed by atoms with Gasteiger partial charge in [0.1, 0.15) is 11.5 Å². The van der Waals surface area contributed by atoms with Crippen LogP contribution in [0.1, 0.15) is 36.2 Å². The second kappa shape index (κ2) is 8.36. The first kappa shape index (κ1) is 17.8. The van der Waals surface area contributed by atoms with Crippen molar-refractivity contribution in [2.45, 2.75) is 26.4 Å². The Bertz CT molecular complexity index is 730. The van der Waals surface area contributed by atoms with E-state index in [4.69, 9.17) is 16.3 Å². The van der Waals surface area contributed by atoms with Crippen LogP contribution in [0.25, 0.3) is 0 Å². The number of rotatable bonds is 6. The van der Waals surface area contributed by atoms with Crippen LogP contribution in [0.5, 0.6) is 11.5 Å². The van der Waals surface area contributed by atoms with Crippen LogP contribution in [-0.4, -0.2) is 23.3 Å². The zero-order chi connectivity index (χ0) is 17.5. The summed E-state index contributed by atoms with van der Waals surface area (Å²) in [6, 6.07) is 11.2. The van der Waals surface area contributed by atoms with Crippen molar-refractivity contribution in [3.05, 3.63) is 58.6 Å². The molecule has 0 aromatic heterocycles. The highest BCUT2D eigenvalue weighted by Gasteiger charge is 2.06. The molecule has 0 fully saturated rings. The maximum absolute atomic E-state index is 11.9. The summed E-state index contributed by atoms with van der Waals surface area (Å²) in [5, 5.41) is 13.6. The van der Waals surface area contributed by atoms with Crippen LogP contribution >= 0.6 is 11.6 Å². The number of carbonyl (C=O) groups excluding carboxylic acids is 1. The van der Waals surface area contributed by atoms with Gasteiger partial charge in [-0.1, -0.05) is 18.5 Å². The molecule has 2 aromatic rings. The predicted octanol–water partition coefficient (Wildman–Crippen LogP) is 3.99. The maximum atomic E-state index is 11.9. The molecular formula is C18H19ClN2O3. The third-order valence-corrected chi connectivity index (χ3v) is 3.66. The molecule has 0 spiro atoms. The van der Waals surface area contributed by atoms with Crippen LogP contribution in [0.4, 0.5) is 0 Å². The van der Waals surface area contributed by atoms with Gasteiger partial charge in [-0.3, -0.25) is 4.79 Å². The van der Waals surface area contributed by atoms with Gasteiger partial charge in [-0.05, 0) is 61.4 Å². The second-order valence-corrected chi connectivity index (χ2v) is 5.68. The van der Waals surface area contributed by atoms with E-state index in [-0.39, 0.29) is 17.8 Å². The molecule has 2 aromatic carbocycles. The van der Waals surface area contributed by atoms with Gasteiger partial charge in [-0.15, -0.1) is 0 Å². The number of hydrogen-bond acceptors (Lipinski definition) is 4. The van der Waals surface area contributed by atoms with Crippen molar-refractivity contribution < 1.29 is 14.6 Å². The monoisotopic (exact) mass is 346 g/mol. The lowest BCUT2D eigenvalue weighted by Gasteiger charge is -2.13. The van der Waals surface area contributed by atoms with E-state index in [0.29, 0.717) is 16.3 Å². The predicted molar refractivity (Wildman–Crippen MR) is 95.0 cm³/mol. The van der Waals surface area contributed by atoms with Crippen molar-refractivity contribution in [1.82, 2.24) is 5.43 Å². The summed E-state index contributed by atoms with van der Waals surface area (Å²) in [7, 11) is 0. The highest BCUT2D eigenvalue weighted by Crippen LogP contribution is 2.26. The van der Waals surface area contributed by atoms with Crippen LogP contribution in [0.15, 0.2) is 47.6 Å². The Kier molecular flexibility index (Phi) is 6.21. The molecule has 0 saturated carbocycles. The first-order valence-corrected chi connectivity index (χ1v) is 7.96. The molecule has 0 aliphatic rings. The zero-order valence-corrected chi connectivity index (χ0v) is 14.2. The van der Waals surface area contributed by atoms with Crippen LogP contribution in [0.3, 0.4) is 0 Å². The highest BCUT2D eigenvalue weighted by atomic mass is 35.5. The Hall–Kier alpha value is -2.53. The average Bonchev–Trinajstić information content (AvgIpc) is 2.57. The third-order valence-electron chi connectivity index (χ3n) is 3.37. The number of nitrogens with one attached hydrogen (secondary N) is 1. The fraction of sp³-hybridized carbons (Fsp3) is 0.222. The summed E-state index contributed by atoms with van der Waals surface area (Å²) in [5.41, 5.74) is 3.56. The lowest BCUT2D eigenvalue weighted by molar-refractivity contribution is 0.0955. The van der Waals surface area contributed by atoms with Crippen molar-refractivity contribution in [1.29, 1.82) is 0 Å². The molecule has 0 unspecified atom stereocenters. The minimum Gasteiger partial charge on any atom is -0.508 e. The van der Waals surface area contributed by atoms with E-state index >= 15 is 0 Å². The number of ether oxygens (including phenoxy) is 1. The van der Waals surface area contributed by atoms with Gasteiger partial charge in [-0.25, -0.2) is 5.43 Å². The Morgan fingerprint density at radius 2 is 2.04 bits per heavy atom. The summed E-state index contributed by atoms with van der Waals surface area (Å²) in [5.74, 6) is 0.356. The van der Waals surface area contributed by atoms with Gasteiger partial charge in [0.2, 0.25) is 0 Å². The molecule has 0 radical (unpaired) electrons. The van der Waals surface area contributed by atoms with E-state index < -0.39 is 0 Å². The molecule has 5 nitrogen and oxygen atoms in total. The quantitative estimate of drug-likeness (QED) is 0.613. The Morgan fingerprint density at radius 3 is 2.67 bits per heavy atom. The minimum atomic E-state index is -0.367. The SMILES string of the molecule is CC[C@@H](C)Oc1ccc(/C=N\NC(=O)c2ccc(O)cc2)cc1Cl. The second-order valence-electron chi connectivity index (χ2n) is 5.27. The Balaban J connectivity index is 1.97. The molecule has 126 valence electrons. The van der Waals surface area contributed by atoms with E-state index in [1.165, 1.54) is 30.5 Å². The van der Waals surface area contributed by atoms with Crippen LogP contribution in [0, 0.1) is 0 Å². The Morgan fingerprint density at radius 1 is 1.33 bits per heavy atom. The number of halogens is 1. The molecule has 24 heavy (non-hydrogen) atoms. The highest BCUT2D eigenvalue weighted by molar-refractivity contribution is 6.32. The number of nitrogens with zero attached hydrogens (tertiary/aromatic N) is 1. The fourth-order valence-corrected chi connectivity index (χ4v) is 2.07. The molecular weight excluding hydrogens is 328 g/mol. The van der Waals surface area contributed by atoms with Gasteiger partial charge in [-0.2, -0.15) is 5.10 Å². The molecule has 0 aliphatic carbocycles. The molecule has 2 N–H and O–H groups in total. The van der Waals surface area contributed by atoms with E-state index in [1.807, 2.05) is 13.8 Å². The van der Waals surface area contributed by atoms with Gasteiger partial charge in [0, 0.05) is 5.56 Å². The topological polar surface area (TPSA) is 70.9 Å². The largest absolute Gasteiger partial charge is 0.508 e. The third kappa shape index (κ3) is 4.99. The number of phenolic OH excluding ortho intramolecular Hbond substituents is 1. The number of amides is 1. The number of phenols is 1. The maximum Gasteiger partial charge on any atom is 0.271 e. The van der Waals surface area contributed by atoms with Gasteiger partial charge in [0.15, 0.2) is 0 Å². The van der Waals surface area contributed by atoms with Crippen molar-refractivity contribution in [3.8, 4) is 11.5 Å². The smallest absolute Gasteiger partial charge is 0.271 e. The molecule has 1 atom stereocenters. The van der Waals surface area contributed by atoms with E-state index in [0.717, 1.165) is 12.0 Å². The van der Waals surface area contributed by atoms with Crippen LogP contribution < -0.4 is 10.2 Å². The molecule has 0 bridgehead atoms. The van der Waals surface area contributed by atoms with Crippen molar-refractivity contribution >= 4 is 23.7 Å². The van der Waals surface area contributed by atoms with Gasteiger partial charge < -0.3 is 9.84 Å². The van der Waals surface area contributed by atoms with Gasteiger partial charge in [0.05, 0.1) is 17.3 Å².